The van der Waals surface area contributed by atoms with Crippen LogP contribution in [0.1, 0.15) is 0 Å². The molecule has 0 saturated carbocycles. The summed E-state index contributed by atoms with van der Waals surface area (Å²) in [6, 6.07) is 14.3. The Hall–Kier alpha value is -2.47. The molecule has 0 bridgehead atoms. The third kappa shape index (κ3) is 2.98. The minimum absolute atomic E-state index is 0.840. The van der Waals surface area contributed by atoms with Gasteiger partial charge >= 0.3 is 0 Å². The molecule has 0 N–H and O–H groups in total. The highest BCUT2D eigenvalue weighted by Gasteiger charge is 2.22. The van der Waals surface area contributed by atoms with Crippen LogP contribution < -0.4 is 19.3 Å². The lowest BCUT2D eigenvalue weighted by Gasteiger charge is -2.36. The Bertz CT molecular complexity index is 872. The van der Waals surface area contributed by atoms with Gasteiger partial charge in [0.1, 0.15) is 17.0 Å². The molecule has 0 unspecified atom stereocenters. The molecule has 0 spiro atoms. The number of nitrogens with zero attached hydrogens (tertiary/aromatic N) is 3. The van der Waals surface area contributed by atoms with Gasteiger partial charge in [-0.05, 0) is 24.3 Å². The Balaban J connectivity index is 1.52. The largest absolute Gasteiger partial charge is 0.495 e. The molecule has 1 aromatic heterocycles. The van der Waals surface area contributed by atoms with Crippen molar-refractivity contribution in [3.8, 4) is 11.5 Å². The Kier molecular flexibility index (Phi) is 4.36. The third-order valence-electron chi connectivity index (χ3n) is 4.57. The Morgan fingerprint density at radius 2 is 1.52 bits per heavy atom. The van der Waals surface area contributed by atoms with Crippen LogP contribution in [-0.2, 0) is 0 Å². The van der Waals surface area contributed by atoms with E-state index >= 15 is 0 Å². The second-order valence-electron chi connectivity index (χ2n) is 5.95. The SMILES string of the molecule is COc1ccccc1N1CCN(c2nc3c(OC)cccc3s2)CC1. The van der Waals surface area contributed by atoms with Crippen LogP contribution in [0, 0.1) is 0 Å². The highest BCUT2D eigenvalue weighted by atomic mass is 32.1. The number of para-hydroxylation sites is 3. The minimum Gasteiger partial charge on any atom is -0.495 e. The first-order chi connectivity index (χ1) is 12.3. The number of hydrogen-bond donors (Lipinski definition) is 0. The highest BCUT2D eigenvalue weighted by molar-refractivity contribution is 7.22. The van der Waals surface area contributed by atoms with Gasteiger partial charge in [-0.15, -0.1) is 0 Å². The number of fused-ring (bicyclic) bond motifs is 1. The Morgan fingerprint density at radius 1 is 0.840 bits per heavy atom. The maximum atomic E-state index is 5.50. The molecule has 1 fully saturated rings. The molecular formula is C19H21N3O2S. The zero-order valence-electron chi connectivity index (χ0n) is 14.4. The third-order valence-corrected chi connectivity index (χ3v) is 5.65. The first-order valence-corrected chi connectivity index (χ1v) is 9.18. The predicted octanol–water partition coefficient (Wildman–Crippen LogP) is 3.64. The molecule has 5 nitrogen and oxygen atoms in total. The number of benzene rings is 2. The van der Waals surface area contributed by atoms with Crippen LogP contribution in [0.2, 0.25) is 0 Å². The summed E-state index contributed by atoms with van der Waals surface area (Å²) in [6.07, 6.45) is 0. The second kappa shape index (κ2) is 6.80. The molecule has 130 valence electrons. The van der Waals surface area contributed by atoms with E-state index in [1.807, 2.05) is 24.3 Å². The Morgan fingerprint density at radius 3 is 2.28 bits per heavy atom. The molecule has 1 aliphatic heterocycles. The molecular weight excluding hydrogens is 334 g/mol. The van der Waals surface area contributed by atoms with Gasteiger partial charge in [0.15, 0.2) is 5.13 Å². The maximum absolute atomic E-state index is 5.50. The maximum Gasteiger partial charge on any atom is 0.186 e. The molecule has 4 rings (SSSR count). The van der Waals surface area contributed by atoms with Gasteiger partial charge in [-0.3, -0.25) is 0 Å². The van der Waals surface area contributed by atoms with Crippen LogP contribution in [0.25, 0.3) is 10.2 Å². The number of methoxy groups -OCH3 is 2. The quantitative estimate of drug-likeness (QED) is 0.714. The van der Waals surface area contributed by atoms with Crippen molar-refractivity contribution in [2.75, 3.05) is 50.2 Å². The molecule has 25 heavy (non-hydrogen) atoms. The average Bonchev–Trinajstić information content (AvgIpc) is 3.12. The Labute approximate surface area is 151 Å². The van der Waals surface area contributed by atoms with Crippen molar-refractivity contribution in [3.63, 3.8) is 0 Å². The summed E-state index contributed by atoms with van der Waals surface area (Å²) in [5.41, 5.74) is 2.12. The summed E-state index contributed by atoms with van der Waals surface area (Å²) in [7, 11) is 3.42. The molecule has 1 aliphatic rings. The zero-order chi connectivity index (χ0) is 17.2. The fourth-order valence-electron chi connectivity index (χ4n) is 3.24. The normalized spacial score (nSPS) is 14.8. The first-order valence-electron chi connectivity index (χ1n) is 8.36. The van der Waals surface area contributed by atoms with E-state index in [1.54, 1.807) is 25.6 Å². The van der Waals surface area contributed by atoms with E-state index in [1.165, 1.54) is 4.70 Å². The van der Waals surface area contributed by atoms with Crippen molar-refractivity contribution in [1.82, 2.24) is 4.98 Å². The van der Waals surface area contributed by atoms with E-state index in [-0.39, 0.29) is 0 Å². The van der Waals surface area contributed by atoms with Crippen molar-refractivity contribution in [2.24, 2.45) is 0 Å². The summed E-state index contributed by atoms with van der Waals surface area (Å²) < 4.78 is 12.1. The van der Waals surface area contributed by atoms with Gasteiger partial charge in [-0.25, -0.2) is 4.98 Å². The van der Waals surface area contributed by atoms with Gasteiger partial charge in [0.05, 0.1) is 24.6 Å². The fourth-order valence-corrected chi connectivity index (χ4v) is 4.28. The summed E-state index contributed by atoms with van der Waals surface area (Å²) in [5.74, 6) is 1.77. The molecule has 2 heterocycles. The molecule has 0 amide bonds. The number of aromatic nitrogens is 1. The van der Waals surface area contributed by atoms with Crippen molar-refractivity contribution in [1.29, 1.82) is 0 Å². The lowest BCUT2D eigenvalue weighted by Crippen LogP contribution is -2.46. The van der Waals surface area contributed by atoms with Crippen LogP contribution in [-0.4, -0.2) is 45.4 Å². The van der Waals surface area contributed by atoms with Crippen molar-refractivity contribution in [3.05, 3.63) is 42.5 Å². The van der Waals surface area contributed by atoms with Crippen molar-refractivity contribution in [2.45, 2.75) is 0 Å². The van der Waals surface area contributed by atoms with Gasteiger partial charge in [-0.1, -0.05) is 29.5 Å². The number of anilines is 2. The van der Waals surface area contributed by atoms with Crippen LogP contribution in [0.15, 0.2) is 42.5 Å². The predicted molar refractivity (Wildman–Crippen MR) is 104 cm³/mol. The number of thiazole rings is 1. The number of rotatable bonds is 4. The minimum atomic E-state index is 0.840. The highest BCUT2D eigenvalue weighted by Crippen LogP contribution is 2.35. The van der Waals surface area contributed by atoms with E-state index < -0.39 is 0 Å². The van der Waals surface area contributed by atoms with Crippen LogP contribution in [0.3, 0.4) is 0 Å². The summed E-state index contributed by atoms with van der Waals surface area (Å²) in [5, 5.41) is 1.07. The summed E-state index contributed by atoms with van der Waals surface area (Å²) in [6.45, 7) is 3.79. The van der Waals surface area contributed by atoms with E-state index in [2.05, 4.69) is 28.0 Å². The smallest absolute Gasteiger partial charge is 0.186 e. The fraction of sp³-hybridized carbons (Fsp3) is 0.316. The van der Waals surface area contributed by atoms with Crippen LogP contribution in [0.5, 0.6) is 11.5 Å². The zero-order valence-corrected chi connectivity index (χ0v) is 15.3. The van der Waals surface area contributed by atoms with Crippen LogP contribution >= 0.6 is 11.3 Å². The van der Waals surface area contributed by atoms with Gasteiger partial charge in [0, 0.05) is 26.2 Å². The van der Waals surface area contributed by atoms with Gasteiger partial charge in [-0.2, -0.15) is 0 Å². The van der Waals surface area contributed by atoms with Crippen molar-refractivity contribution < 1.29 is 9.47 Å². The second-order valence-corrected chi connectivity index (χ2v) is 6.96. The molecule has 0 atom stereocenters. The topological polar surface area (TPSA) is 37.8 Å². The van der Waals surface area contributed by atoms with E-state index in [9.17, 15) is 0 Å². The van der Waals surface area contributed by atoms with Gasteiger partial charge < -0.3 is 19.3 Å². The molecule has 2 aromatic carbocycles. The van der Waals surface area contributed by atoms with Crippen molar-refractivity contribution >= 4 is 32.4 Å². The first kappa shape index (κ1) is 16.0. The molecule has 0 aliphatic carbocycles. The lowest BCUT2D eigenvalue weighted by molar-refractivity contribution is 0.413. The summed E-state index contributed by atoms with van der Waals surface area (Å²) >= 11 is 1.73. The number of ether oxygens (including phenoxy) is 2. The molecule has 3 aromatic rings. The van der Waals surface area contributed by atoms with Gasteiger partial charge in [0.2, 0.25) is 0 Å². The number of hydrogen-bond acceptors (Lipinski definition) is 6. The molecule has 0 radical (unpaired) electrons. The van der Waals surface area contributed by atoms with E-state index in [4.69, 9.17) is 14.5 Å². The van der Waals surface area contributed by atoms with Crippen LogP contribution in [0.4, 0.5) is 10.8 Å². The van der Waals surface area contributed by atoms with E-state index in [0.717, 1.165) is 54.0 Å². The average molecular weight is 355 g/mol. The van der Waals surface area contributed by atoms with E-state index in [0.29, 0.717) is 0 Å². The lowest BCUT2D eigenvalue weighted by atomic mass is 10.2. The van der Waals surface area contributed by atoms with Gasteiger partial charge in [0.25, 0.3) is 0 Å². The monoisotopic (exact) mass is 355 g/mol. The number of piperazine rings is 1. The summed E-state index contributed by atoms with van der Waals surface area (Å²) in [4.78, 5) is 9.55. The molecule has 6 heteroatoms. The standard InChI is InChI=1S/C19H21N3O2S/c1-23-15-7-4-3-6-14(15)21-10-12-22(13-11-21)19-20-18-16(24-2)8-5-9-17(18)25-19/h3-9H,10-13H2,1-2H3. The molecule has 1 saturated heterocycles.